The summed E-state index contributed by atoms with van der Waals surface area (Å²) >= 11 is 0. The molecule has 4 heteroatoms. The molecule has 0 radical (unpaired) electrons. The molecule has 3 nitrogen and oxygen atoms in total. The van der Waals surface area contributed by atoms with Gasteiger partial charge in [0, 0.05) is 28.7 Å². The van der Waals surface area contributed by atoms with E-state index in [-0.39, 0.29) is 17.8 Å². The van der Waals surface area contributed by atoms with Gasteiger partial charge < -0.3 is 22.4 Å². The molecule has 0 aliphatic rings. The highest BCUT2D eigenvalue weighted by Gasteiger charge is 2.05. The lowest BCUT2D eigenvalue weighted by Crippen LogP contribution is -3.00. The number of hydrogen-bond acceptors (Lipinski definition) is 1. The van der Waals surface area contributed by atoms with E-state index in [4.69, 9.17) is 0 Å². The topological polar surface area (TPSA) is 48.6 Å². The van der Waals surface area contributed by atoms with Gasteiger partial charge in [0.2, 0.25) is 0 Å². The van der Waals surface area contributed by atoms with Crippen molar-refractivity contribution in [2.24, 2.45) is 0 Å². The van der Waals surface area contributed by atoms with Gasteiger partial charge in [-0.1, -0.05) is 0 Å². The number of pyridine rings is 1. The van der Waals surface area contributed by atoms with Crippen LogP contribution in [0.25, 0.3) is 21.8 Å². The molecule has 3 aromatic rings. The Labute approximate surface area is 97.9 Å². The first-order valence-electron chi connectivity index (χ1n) is 4.85. The van der Waals surface area contributed by atoms with Crippen molar-refractivity contribution in [3.8, 4) is 0 Å². The van der Waals surface area contributed by atoms with Gasteiger partial charge in [-0.3, -0.25) is 4.79 Å². The Hall–Kier alpha value is -1.74. The zero-order valence-electron chi connectivity index (χ0n) is 8.67. The van der Waals surface area contributed by atoms with Crippen molar-refractivity contribution in [3.05, 3.63) is 46.4 Å². The monoisotopic (exact) mass is 233 g/mol. The summed E-state index contributed by atoms with van der Waals surface area (Å²) in [6.45, 7) is 2.01. The van der Waals surface area contributed by atoms with E-state index in [1.165, 1.54) is 0 Å². The number of H-pyrrole nitrogens is 2. The summed E-state index contributed by atoms with van der Waals surface area (Å²) in [7, 11) is 0. The average molecular weight is 234 g/mol. The number of nitrogens with one attached hydrogen (secondary N) is 2. The van der Waals surface area contributed by atoms with E-state index in [1.54, 1.807) is 12.1 Å². The lowest BCUT2D eigenvalue weighted by atomic mass is 10.2. The molecule has 2 N–H and O–H groups in total. The fraction of sp³-hybridized carbons (Fsp3) is 0.0833. The van der Waals surface area contributed by atoms with E-state index in [9.17, 15) is 4.79 Å². The summed E-state index contributed by atoms with van der Waals surface area (Å²) in [5.74, 6) is 0. The summed E-state index contributed by atoms with van der Waals surface area (Å²) in [6, 6.07) is 7.12. The number of aromatic nitrogens is 2. The molecule has 2 heterocycles. The van der Waals surface area contributed by atoms with E-state index >= 15 is 0 Å². The fourth-order valence-electron chi connectivity index (χ4n) is 1.99. The normalized spacial score (nSPS) is 10.6. The first-order valence-corrected chi connectivity index (χ1v) is 4.85. The molecule has 0 fully saturated rings. The Bertz CT molecular complexity index is 712. The molecule has 16 heavy (non-hydrogen) atoms. The van der Waals surface area contributed by atoms with Gasteiger partial charge in [0.05, 0.1) is 11.0 Å². The van der Waals surface area contributed by atoms with Gasteiger partial charge in [0.1, 0.15) is 0 Å². The van der Waals surface area contributed by atoms with Crippen LogP contribution in [-0.4, -0.2) is 9.97 Å². The third-order valence-corrected chi connectivity index (χ3v) is 2.74. The smallest absolute Gasteiger partial charge is 0.180 e. The summed E-state index contributed by atoms with van der Waals surface area (Å²) in [6.07, 6.45) is 1.91. The zero-order chi connectivity index (χ0) is 10.4. The average Bonchev–Trinajstić information content (AvgIpc) is 2.57. The standard InChI is InChI=1S/C12H10N2O.ClH/c1-7-12-10(4-5-13-7)9-3-2-8(15)6-11(9)14-12;/h2-6,13-14H,1H3;1H/p-1. The molecule has 82 valence electrons. The second-order valence-electron chi connectivity index (χ2n) is 3.72. The minimum Gasteiger partial charge on any atom is -1.00 e. The van der Waals surface area contributed by atoms with Gasteiger partial charge >= 0.3 is 0 Å². The number of aromatic amines is 2. The van der Waals surface area contributed by atoms with Gasteiger partial charge in [-0.05, 0) is 25.1 Å². The third kappa shape index (κ3) is 1.41. The Morgan fingerprint density at radius 1 is 1.12 bits per heavy atom. The van der Waals surface area contributed by atoms with Crippen LogP contribution >= 0.6 is 0 Å². The lowest BCUT2D eigenvalue weighted by molar-refractivity contribution is -0.00000315. The van der Waals surface area contributed by atoms with Crippen LogP contribution in [0.5, 0.6) is 0 Å². The molecule has 3 rings (SSSR count). The lowest BCUT2D eigenvalue weighted by Gasteiger charge is -1.94. The van der Waals surface area contributed by atoms with E-state index < -0.39 is 0 Å². The van der Waals surface area contributed by atoms with Gasteiger partial charge in [0.15, 0.2) is 5.43 Å². The quantitative estimate of drug-likeness (QED) is 0.531. The largest absolute Gasteiger partial charge is 1.00 e. The van der Waals surface area contributed by atoms with Crippen LogP contribution in [0.4, 0.5) is 0 Å². The minimum absolute atomic E-state index is 0. The van der Waals surface area contributed by atoms with Crippen LogP contribution < -0.4 is 17.8 Å². The fourth-order valence-corrected chi connectivity index (χ4v) is 1.99. The summed E-state index contributed by atoms with van der Waals surface area (Å²) < 4.78 is 0. The highest BCUT2D eigenvalue weighted by Crippen LogP contribution is 2.24. The molecule has 1 aromatic carbocycles. The molecule has 0 bridgehead atoms. The molecular formula is C12H10ClN2O-. The first-order chi connectivity index (χ1) is 7.25. The summed E-state index contributed by atoms with van der Waals surface area (Å²) in [5.41, 5.74) is 3.09. The maximum absolute atomic E-state index is 11.2. The Kier molecular flexibility index (Phi) is 2.48. The molecule has 0 atom stereocenters. The van der Waals surface area contributed by atoms with E-state index in [2.05, 4.69) is 9.97 Å². The number of benzene rings is 1. The van der Waals surface area contributed by atoms with Crippen LogP contribution in [-0.2, 0) is 0 Å². The van der Waals surface area contributed by atoms with Crippen molar-refractivity contribution in [1.82, 2.24) is 9.97 Å². The first kappa shape index (κ1) is 10.8. The van der Waals surface area contributed by atoms with Gasteiger partial charge in [-0.25, -0.2) is 0 Å². The second-order valence-corrected chi connectivity index (χ2v) is 3.72. The zero-order valence-corrected chi connectivity index (χ0v) is 9.43. The van der Waals surface area contributed by atoms with Gasteiger partial charge in [-0.2, -0.15) is 0 Å². The van der Waals surface area contributed by atoms with E-state index in [0.717, 1.165) is 27.5 Å². The van der Waals surface area contributed by atoms with Crippen LogP contribution in [0.3, 0.4) is 0 Å². The molecule has 0 amide bonds. The predicted octanol–water partition coefficient (Wildman–Crippen LogP) is -0.678. The van der Waals surface area contributed by atoms with Crippen molar-refractivity contribution in [2.75, 3.05) is 0 Å². The van der Waals surface area contributed by atoms with Crippen LogP contribution in [0.1, 0.15) is 5.69 Å². The van der Waals surface area contributed by atoms with Crippen molar-refractivity contribution < 1.29 is 12.4 Å². The maximum atomic E-state index is 11.2. The highest BCUT2D eigenvalue weighted by molar-refractivity contribution is 6.07. The predicted molar refractivity (Wildman–Crippen MR) is 61.2 cm³/mol. The molecule has 0 spiro atoms. The van der Waals surface area contributed by atoms with Crippen LogP contribution in [0.15, 0.2) is 35.3 Å². The molecule has 2 aromatic heterocycles. The van der Waals surface area contributed by atoms with E-state index in [0.29, 0.717) is 0 Å². The van der Waals surface area contributed by atoms with Crippen LogP contribution in [0, 0.1) is 6.92 Å². The summed E-state index contributed by atoms with van der Waals surface area (Å²) in [4.78, 5) is 17.6. The van der Waals surface area contributed by atoms with Crippen molar-refractivity contribution in [3.63, 3.8) is 0 Å². The molecular weight excluding hydrogens is 224 g/mol. The highest BCUT2D eigenvalue weighted by atomic mass is 35.5. The van der Waals surface area contributed by atoms with Crippen molar-refractivity contribution in [1.29, 1.82) is 0 Å². The Balaban J connectivity index is 0.000000963. The van der Waals surface area contributed by atoms with Crippen molar-refractivity contribution >= 4 is 21.8 Å². The molecule has 0 saturated carbocycles. The summed E-state index contributed by atoms with van der Waals surface area (Å²) in [5, 5.41) is 2.25. The molecule has 0 saturated heterocycles. The molecule has 0 aliphatic carbocycles. The van der Waals surface area contributed by atoms with Crippen molar-refractivity contribution in [2.45, 2.75) is 6.92 Å². The Morgan fingerprint density at radius 2 is 1.94 bits per heavy atom. The Morgan fingerprint density at radius 3 is 2.75 bits per heavy atom. The number of fused-ring (bicyclic) bond motifs is 3. The second kappa shape index (κ2) is 3.68. The van der Waals surface area contributed by atoms with Gasteiger partial charge in [-0.15, -0.1) is 0 Å². The number of halogens is 1. The molecule has 0 unspecified atom stereocenters. The van der Waals surface area contributed by atoms with E-state index in [1.807, 2.05) is 25.3 Å². The molecule has 0 aliphatic heterocycles. The van der Waals surface area contributed by atoms with Gasteiger partial charge in [0.25, 0.3) is 0 Å². The third-order valence-electron chi connectivity index (χ3n) is 2.74. The number of aryl methyl sites for hydroxylation is 1. The number of rotatable bonds is 0. The maximum Gasteiger partial charge on any atom is 0.180 e. The minimum atomic E-state index is 0. The van der Waals surface area contributed by atoms with Crippen LogP contribution in [0.2, 0.25) is 0 Å². The SMILES string of the molecule is Cc1[nH]ccc2c1[nH]c1cc(=O)ccc12.[Cl-]. The number of hydrogen-bond donors (Lipinski definition) is 2.